The summed E-state index contributed by atoms with van der Waals surface area (Å²) < 4.78 is 0. The summed E-state index contributed by atoms with van der Waals surface area (Å²) in [6, 6.07) is 7.05. The first-order valence-corrected chi connectivity index (χ1v) is 9.24. The Hall–Kier alpha value is -2.96. The number of nitrogens with zero attached hydrogens (tertiary/aromatic N) is 3. The minimum atomic E-state index is -0.487. The number of hydrogen-bond donors (Lipinski definition) is 2. The van der Waals surface area contributed by atoms with Crippen molar-refractivity contribution in [1.29, 1.82) is 0 Å². The number of carbonyl (C=O) groups excluding carboxylic acids is 2. The first-order valence-electron chi connectivity index (χ1n) is 9.24. The van der Waals surface area contributed by atoms with E-state index in [1.54, 1.807) is 37.5 Å². The zero-order valence-electron chi connectivity index (χ0n) is 15.4. The maximum absolute atomic E-state index is 12.5. The van der Waals surface area contributed by atoms with E-state index in [0.29, 0.717) is 17.4 Å². The van der Waals surface area contributed by atoms with Crippen molar-refractivity contribution < 1.29 is 9.59 Å². The molecule has 0 radical (unpaired) electrons. The number of aromatic nitrogens is 2. The van der Waals surface area contributed by atoms with Gasteiger partial charge in [-0.25, -0.2) is 9.97 Å². The van der Waals surface area contributed by atoms with Crippen LogP contribution < -0.4 is 16.0 Å². The fourth-order valence-corrected chi connectivity index (χ4v) is 4.23. The van der Waals surface area contributed by atoms with Gasteiger partial charge in [0.15, 0.2) is 0 Å². The van der Waals surface area contributed by atoms with E-state index >= 15 is 0 Å². The van der Waals surface area contributed by atoms with Gasteiger partial charge in [-0.1, -0.05) is 6.92 Å². The molecule has 1 aliphatic carbocycles. The molecule has 3 N–H and O–H groups in total. The number of rotatable bonds is 4. The maximum atomic E-state index is 12.5. The number of primary amides is 1. The molecular weight excluding hydrogens is 342 g/mol. The number of hydrogen-bond acceptors (Lipinski definition) is 5. The Morgan fingerprint density at radius 1 is 1.22 bits per heavy atom. The highest BCUT2D eigenvalue weighted by molar-refractivity contribution is 5.97. The second-order valence-electron chi connectivity index (χ2n) is 7.41. The summed E-state index contributed by atoms with van der Waals surface area (Å²) in [4.78, 5) is 34.7. The van der Waals surface area contributed by atoms with E-state index in [2.05, 4.69) is 22.2 Å². The van der Waals surface area contributed by atoms with E-state index in [4.69, 9.17) is 5.73 Å². The molecule has 2 amide bonds. The average molecular weight is 365 g/mol. The van der Waals surface area contributed by atoms with Crippen LogP contribution in [0.15, 0.2) is 36.7 Å². The van der Waals surface area contributed by atoms with Gasteiger partial charge in [-0.3, -0.25) is 9.59 Å². The highest BCUT2D eigenvalue weighted by Crippen LogP contribution is 2.49. The number of carbonyl (C=O) groups is 2. The lowest BCUT2D eigenvalue weighted by Crippen LogP contribution is -2.51. The zero-order valence-corrected chi connectivity index (χ0v) is 15.4. The predicted octanol–water partition coefficient (Wildman–Crippen LogP) is 2.51. The van der Waals surface area contributed by atoms with E-state index in [-0.39, 0.29) is 23.9 Å². The van der Waals surface area contributed by atoms with Crippen molar-refractivity contribution >= 4 is 23.5 Å². The molecule has 0 saturated heterocycles. The lowest BCUT2D eigenvalue weighted by Gasteiger charge is -2.45. The Balaban J connectivity index is 1.84. The van der Waals surface area contributed by atoms with Gasteiger partial charge in [-0.05, 0) is 48.6 Å². The van der Waals surface area contributed by atoms with Gasteiger partial charge in [-0.15, -0.1) is 0 Å². The van der Waals surface area contributed by atoms with Gasteiger partial charge >= 0.3 is 0 Å². The summed E-state index contributed by atoms with van der Waals surface area (Å²) in [5, 5.41) is 3.41. The molecule has 1 aliphatic heterocycles. The topological polar surface area (TPSA) is 101 Å². The van der Waals surface area contributed by atoms with Crippen LogP contribution in [-0.2, 0) is 4.79 Å². The fourth-order valence-electron chi connectivity index (χ4n) is 4.23. The van der Waals surface area contributed by atoms with Gasteiger partial charge in [0.1, 0.15) is 0 Å². The Labute approximate surface area is 158 Å². The molecule has 2 aromatic rings. The molecule has 27 heavy (non-hydrogen) atoms. The highest BCUT2D eigenvalue weighted by atomic mass is 16.2. The fraction of sp³-hybridized carbons (Fsp3) is 0.400. The van der Waals surface area contributed by atoms with E-state index < -0.39 is 5.91 Å². The molecule has 1 saturated carbocycles. The molecule has 4 rings (SSSR count). The molecule has 7 heteroatoms. The van der Waals surface area contributed by atoms with Gasteiger partial charge in [0.25, 0.3) is 0 Å². The van der Waals surface area contributed by atoms with Crippen molar-refractivity contribution in [2.45, 2.75) is 38.8 Å². The molecule has 1 aromatic heterocycles. The zero-order chi connectivity index (χ0) is 19.1. The van der Waals surface area contributed by atoms with Crippen molar-refractivity contribution in [3.8, 4) is 0 Å². The average Bonchev–Trinajstić information content (AvgIpc) is 3.48. The van der Waals surface area contributed by atoms with Crippen molar-refractivity contribution in [1.82, 2.24) is 9.97 Å². The van der Waals surface area contributed by atoms with Crippen LogP contribution in [-0.4, -0.2) is 27.8 Å². The van der Waals surface area contributed by atoms with Crippen LogP contribution in [0.3, 0.4) is 0 Å². The molecule has 2 aliphatic rings. The standard InChI is InChI=1S/C20H23N5O2/c1-11-17(24-20-22-8-3-9-23-20)15-10-14(19(21)27)6-7-16(15)25(12(2)26)18(11)13-4-5-13/h3,6-11,13,17-18H,4-5H2,1-2H3,(H2,21,27)(H,22,23,24). The van der Waals surface area contributed by atoms with Gasteiger partial charge in [0, 0.05) is 42.5 Å². The number of nitrogens with two attached hydrogens (primary N) is 1. The largest absolute Gasteiger partial charge is 0.366 e. The second-order valence-corrected chi connectivity index (χ2v) is 7.41. The number of benzene rings is 1. The minimum Gasteiger partial charge on any atom is -0.366 e. The summed E-state index contributed by atoms with van der Waals surface area (Å²) in [5.41, 5.74) is 7.62. The highest BCUT2D eigenvalue weighted by Gasteiger charge is 2.47. The van der Waals surface area contributed by atoms with Gasteiger partial charge < -0.3 is 16.0 Å². The van der Waals surface area contributed by atoms with E-state index in [1.165, 1.54) is 0 Å². The smallest absolute Gasteiger partial charge is 0.248 e. The summed E-state index contributed by atoms with van der Waals surface area (Å²) in [6.45, 7) is 3.74. The van der Waals surface area contributed by atoms with Gasteiger partial charge in [-0.2, -0.15) is 0 Å². The van der Waals surface area contributed by atoms with Crippen LogP contribution >= 0.6 is 0 Å². The molecule has 2 heterocycles. The van der Waals surface area contributed by atoms with Crippen LogP contribution in [0.1, 0.15) is 48.7 Å². The maximum Gasteiger partial charge on any atom is 0.248 e. The van der Waals surface area contributed by atoms with Crippen LogP contribution in [0, 0.1) is 11.8 Å². The summed E-state index contributed by atoms with van der Waals surface area (Å²) in [5.74, 6) is 0.672. The van der Waals surface area contributed by atoms with Crippen LogP contribution in [0.4, 0.5) is 11.6 Å². The molecule has 140 valence electrons. The van der Waals surface area contributed by atoms with Crippen molar-refractivity contribution in [2.75, 3.05) is 10.2 Å². The van der Waals surface area contributed by atoms with Crippen LogP contribution in [0.25, 0.3) is 0 Å². The molecule has 0 bridgehead atoms. The van der Waals surface area contributed by atoms with Gasteiger partial charge in [0.2, 0.25) is 17.8 Å². The summed E-state index contributed by atoms with van der Waals surface area (Å²) in [6.07, 6.45) is 5.62. The number of nitrogens with one attached hydrogen (secondary N) is 1. The number of amides is 2. The molecule has 0 spiro atoms. The Kier molecular flexibility index (Phi) is 4.30. The summed E-state index contributed by atoms with van der Waals surface area (Å²) in [7, 11) is 0. The third-order valence-electron chi connectivity index (χ3n) is 5.56. The Morgan fingerprint density at radius 2 is 1.93 bits per heavy atom. The normalized spacial score (nSPS) is 24.2. The van der Waals surface area contributed by atoms with Crippen molar-refractivity contribution in [3.05, 3.63) is 47.8 Å². The Morgan fingerprint density at radius 3 is 2.52 bits per heavy atom. The first kappa shape index (κ1) is 17.5. The SMILES string of the molecule is CC(=O)N1c2ccc(C(N)=O)cc2C(Nc2ncccn2)C(C)C1C1CC1. The van der Waals surface area contributed by atoms with Crippen molar-refractivity contribution in [2.24, 2.45) is 17.6 Å². The second kappa shape index (κ2) is 6.64. The first-order chi connectivity index (χ1) is 13.0. The number of anilines is 2. The predicted molar refractivity (Wildman–Crippen MR) is 102 cm³/mol. The minimum absolute atomic E-state index is 0.0150. The number of fused-ring (bicyclic) bond motifs is 1. The van der Waals surface area contributed by atoms with E-state index in [1.807, 2.05) is 11.0 Å². The third kappa shape index (κ3) is 3.13. The Bertz CT molecular complexity index is 881. The lowest BCUT2D eigenvalue weighted by molar-refractivity contribution is -0.117. The quantitative estimate of drug-likeness (QED) is 0.867. The molecule has 1 fully saturated rings. The van der Waals surface area contributed by atoms with Crippen LogP contribution in [0.5, 0.6) is 0 Å². The van der Waals surface area contributed by atoms with Crippen LogP contribution in [0.2, 0.25) is 0 Å². The molecule has 7 nitrogen and oxygen atoms in total. The van der Waals surface area contributed by atoms with Gasteiger partial charge in [0.05, 0.1) is 6.04 Å². The third-order valence-corrected chi connectivity index (χ3v) is 5.56. The molecular formula is C20H23N5O2. The monoisotopic (exact) mass is 365 g/mol. The molecule has 1 aromatic carbocycles. The van der Waals surface area contributed by atoms with E-state index in [0.717, 1.165) is 24.1 Å². The van der Waals surface area contributed by atoms with E-state index in [9.17, 15) is 9.59 Å². The summed E-state index contributed by atoms with van der Waals surface area (Å²) >= 11 is 0. The molecule has 3 unspecified atom stereocenters. The van der Waals surface area contributed by atoms with Crippen molar-refractivity contribution in [3.63, 3.8) is 0 Å². The lowest BCUT2D eigenvalue weighted by atomic mass is 9.79. The molecule has 3 atom stereocenters.